The number of carbonyl (C=O) groups is 3. The standard InChI is InChI=1S/C29H25Cl3N2O6S/c1-39-22-12-11-18(20-9-5-6-10-21(20)22)14-19-15-41(38)27-24(33-23(35)13-17-7-3-2-4-8-17)26(36)34(27)25(19)28(37)40-16-29(30,31)32/h2-12,24,27H,13-16H2,1H3,(H,33,35)/t24-,27-,41?/m1/s1. The molecule has 2 aliphatic rings. The minimum atomic E-state index is -1.87. The summed E-state index contributed by atoms with van der Waals surface area (Å²) in [5.41, 5.74) is 1.98. The third kappa shape index (κ3) is 6.23. The van der Waals surface area contributed by atoms with Crippen LogP contribution in [0.1, 0.15) is 11.1 Å². The minimum absolute atomic E-state index is 0.0158. The molecule has 0 aromatic heterocycles. The fourth-order valence-corrected chi connectivity index (χ4v) is 6.94. The Morgan fingerprint density at radius 2 is 1.71 bits per heavy atom. The summed E-state index contributed by atoms with van der Waals surface area (Å²) in [6.07, 6.45) is 0.254. The fraction of sp³-hybridized carbons (Fsp3) is 0.276. The Labute approximate surface area is 254 Å². The van der Waals surface area contributed by atoms with Crippen molar-refractivity contribution in [1.82, 2.24) is 10.2 Å². The number of hydrogen-bond donors (Lipinski definition) is 1. The molecule has 0 radical (unpaired) electrons. The number of β-lactam (4-membered cyclic amide) rings is 1. The first-order chi connectivity index (χ1) is 19.6. The van der Waals surface area contributed by atoms with E-state index in [-0.39, 0.29) is 24.3 Å². The Morgan fingerprint density at radius 3 is 2.39 bits per heavy atom. The van der Waals surface area contributed by atoms with Gasteiger partial charge in [-0.05, 0) is 34.6 Å². The lowest BCUT2D eigenvalue weighted by Gasteiger charge is -2.49. The number of rotatable bonds is 8. The van der Waals surface area contributed by atoms with Crippen molar-refractivity contribution >= 4 is 74.2 Å². The molecule has 0 saturated carbocycles. The number of carbonyl (C=O) groups excluding carboxylic acids is 3. The highest BCUT2D eigenvalue weighted by Gasteiger charge is 2.57. The number of nitrogens with one attached hydrogen (secondary N) is 1. The quantitative estimate of drug-likeness (QED) is 0.226. The average molecular weight is 636 g/mol. The first kappa shape index (κ1) is 29.4. The zero-order valence-electron chi connectivity index (χ0n) is 21.8. The monoisotopic (exact) mass is 634 g/mol. The van der Waals surface area contributed by atoms with Gasteiger partial charge in [0.05, 0.1) is 24.3 Å². The van der Waals surface area contributed by atoms with Gasteiger partial charge in [0.2, 0.25) is 9.70 Å². The lowest BCUT2D eigenvalue weighted by Crippen LogP contribution is -2.73. The maximum absolute atomic E-state index is 13.5. The largest absolute Gasteiger partial charge is 0.496 e. The molecule has 0 aliphatic carbocycles. The van der Waals surface area contributed by atoms with Gasteiger partial charge in [-0.2, -0.15) is 0 Å². The van der Waals surface area contributed by atoms with Crippen LogP contribution in [0.15, 0.2) is 78.0 Å². The topological polar surface area (TPSA) is 102 Å². The van der Waals surface area contributed by atoms with E-state index in [4.69, 9.17) is 44.3 Å². The van der Waals surface area contributed by atoms with Crippen LogP contribution in [-0.2, 0) is 42.8 Å². The van der Waals surface area contributed by atoms with Crippen LogP contribution >= 0.6 is 34.8 Å². The number of halogens is 3. The summed E-state index contributed by atoms with van der Waals surface area (Å²) >= 11 is 17.4. The van der Waals surface area contributed by atoms with Gasteiger partial charge in [-0.25, -0.2) is 4.79 Å². The third-order valence-corrected chi connectivity index (χ3v) is 8.87. The number of hydrogen-bond acceptors (Lipinski definition) is 6. The minimum Gasteiger partial charge on any atom is -0.496 e. The highest BCUT2D eigenvalue weighted by atomic mass is 35.6. The summed E-state index contributed by atoms with van der Waals surface area (Å²) in [5, 5.41) is 3.49. The molecule has 3 atom stereocenters. The van der Waals surface area contributed by atoms with Crippen molar-refractivity contribution < 1.29 is 28.1 Å². The number of methoxy groups -OCH3 is 1. The van der Waals surface area contributed by atoms with Crippen LogP contribution < -0.4 is 10.1 Å². The molecule has 3 aromatic carbocycles. The Morgan fingerprint density at radius 1 is 1.02 bits per heavy atom. The van der Waals surface area contributed by atoms with Crippen molar-refractivity contribution in [2.45, 2.75) is 28.0 Å². The van der Waals surface area contributed by atoms with Gasteiger partial charge >= 0.3 is 5.97 Å². The summed E-state index contributed by atoms with van der Waals surface area (Å²) in [6, 6.07) is 19.3. The van der Waals surface area contributed by atoms with Crippen LogP contribution in [0.3, 0.4) is 0 Å². The van der Waals surface area contributed by atoms with E-state index in [1.165, 1.54) is 0 Å². The lowest BCUT2D eigenvalue weighted by atomic mass is 9.95. The summed E-state index contributed by atoms with van der Waals surface area (Å²) < 4.78 is 22.4. The van der Waals surface area contributed by atoms with E-state index < -0.39 is 50.4 Å². The van der Waals surface area contributed by atoms with E-state index in [2.05, 4.69) is 5.32 Å². The van der Waals surface area contributed by atoms with Crippen LogP contribution in [0.5, 0.6) is 5.75 Å². The number of esters is 1. The van der Waals surface area contributed by atoms with E-state index in [1.807, 2.05) is 54.6 Å². The van der Waals surface area contributed by atoms with E-state index in [9.17, 15) is 18.6 Å². The number of benzene rings is 3. The molecule has 1 fully saturated rings. The SMILES string of the molecule is COc1ccc(CC2=C(C(=O)OCC(Cl)(Cl)Cl)N3C(=O)[C@@H](NC(=O)Cc4ccccc4)[C@H]3S(=O)C2)c2ccccc12. The number of nitrogens with zero attached hydrogens (tertiary/aromatic N) is 1. The first-order valence-corrected chi connectivity index (χ1v) is 15.1. The molecule has 12 heteroatoms. The maximum Gasteiger partial charge on any atom is 0.355 e. The number of ether oxygens (including phenoxy) is 2. The predicted molar refractivity (Wildman–Crippen MR) is 158 cm³/mol. The van der Waals surface area contributed by atoms with Crippen LogP contribution in [-0.4, -0.2) is 61.6 Å². The second-order valence-electron chi connectivity index (χ2n) is 9.62. The van der Waals surface area contributed by atoms with Gasteiger partial charge in [-0.1, -0.05) is 95.5 Å². The number of amides is 2. The van der Waals surface area contributed by atoms with E-state index in [1.54, 1.807) is 19.2 Å². The van der Waals surface area contributed by atoms with Crippen LogP contribution in [0.4, 0.5) is 0 Å². The van der Waals surface area contributed by atoms with Crippen LogP contribution in [0.25, 0.3) is 10.8 Å². The maximum atomic E-state index is 13.5. The molecule has 8 nitrogen and oxygen atoms in total. The predicted octanol–water partition coefficient (Wildman–Crippen LogP) is 4.22. The van der Waals surface area contributed by atoms with Crippen molar-refractivity contribution in [3.8, 4) is 5.75 Å². The van der Waals surface area contributed by atoms with Crippen molar-refractivity contribution in [2.75, 3.05) is 19.5 Å². The molecule has 214 valence electrons. The Kier molecular flexibility index (Phi) is 8.61. The lowest BCUT2D eigenvalue weighted by molar-refractivity contribution is -0.153. The average Bonchev–Trinajstić information content (AvgIpc) is 2.95. The number of fused-ring (bicyclic) bond motifs is 2. The Balaban J connectivity index is 1.47. The summed E-state index contributed by atoms with van der Waals surface area (Å²) in [6.45, 7) is -0.550. The van der Waals surface area contributed by atoms with Gasteiger partial charge in [-0.15, -0.1) is 0 Å². The van der Waals surface area contributed by atoms with Gasteiger partial charge in [-0.3, -0.25) is 18.7 Å². The van der Waals surface area contributed by atoms with Gasteiger partial charge in [0.15, 0.2) is 0 Å². The highest BCUT2D eigenvalue weighted by molar-refractivity contribution is 7.86. The zero-order chi connectivity index (χ0) is 29.3. The molecule has 1 N–H and O–H groups in total. The van der Waals surface area contributed by atoms with E-state index >= 15 is 0 Å². The molecule has 2 aliphatic heterocycles. The highest BCUT2D eigenvalue weighted by Crippen LogP contribution is 2.38. The van der Waals surface area contributed by atoms with Crippen molar-refractivity contribution in [3.63, 3.8) is 0 Å². The van der Waals surface area contributed by atoms with Crippen molar-refractivity contribution in [1.29, 1.82) is 0 Å². The summed E-state index contributed by atoms with van der Waals surface area (Å²) in [7, 11) is -0.0407. The second-order valence-corrected chi connectivity index (χ2v) is 13.7. The van der Waals surface area contributed by atoms with E-state index in [0.717, 1.165) is 26.8 Å². The third-order valence-electron chi connectivity index (χ3n) is 6.89. The molecule has 0 bridgehead atoms. The Hall–Kier alpha value is -3.11. The van der Waals surface area contributed by atoms with Crippen molar-refractivity contribution in [3.05, 3.63) is 89.1 Å². The van der Waals surface area contributed by atoms with Crippen LogP contribution in [0.2, 0.25) is 0 Å². The molecule has 2 heterocycles. The molecule has 3 aromatic rings. The molecule has 0 spiro atoms. The van der Waals surface area contributed by atoms with Crippen molar-refractivity contribution in [2.24, 2.45) is 0 Å². The van der Waals surface area contributed by atoms with Crippen LogP contribution in [0, 0.1) is 0 Å². The second kappa shape index (κ2) is 12.0. The number of alkyl halides is 3. The normalized spacial score (nSPS) is 20.3. The van der Waals surface area contributed by atoms with E-state index in [0.29, 0.717) is 11.3 Å². The van der Waals surface area contributed by atoms with Gasteiger partial charge < -0.3 is 14.8 Å². The molecule has 41 heavy (non-hydrogen) atoms. The molecular formula is C29H25Cl3N2O6S. The summed E-state index contributed by atoms with van der Waals surface area (Å²) in [5.74, 6) is -1.18. The van der Waals surface area contributed by atoms with Gasteiger partial charge in [0.1, 0.15) is 29.5 Å². The summed E-state index contributed by atoms with van der Waals surface area (Å²) in [4.78, 5) is 40.6. The molecular weight excluding hydrogens is 611 g/mol. The fourth-order valence-electron chi connectivity index (χ4n) is 5.09. The smallest absolute Gasteiger partial charge is 0.355 e. The molecule has 1 saturated heterocycles. The first-order valence-electron chi connectivity index (χ1n) is 12.6. The van der Waals surface area contributed by atoms with Gasteiger partial charge in [0, 0.05) is 11.1 Å². The Bertz CT molecular complexity index is 1570. The molecule has 2 amide bonds. The van der Waals surface area contributed by atoms with Gasteiger partial charge in [0.25, 0.3) is 5.91 Å². The molecule has 1 unspecified atom stereocenters. The zero-order valence-corrected chi connectivity index (χ0v) is 24.9. The molecule has 5 rings (SSSR count).